The summed E-state index contributed by atoms with van der Waals surface area (Å²) in [6.07, 6.45) is 18.3. The molecule has 0 radical (unpaired) electrons. The Hall–Kier alpha value is -0.790. The summed E-state index contributed by atoms with van der Waals surface area (Å²) in [5.41, 5.74) is 0. The van der Waals surface area contributed by atoms with Crippen LogP contribution in [0.3, 0.4) is 0 Å². The number of carboxylic acid groups (broad SMARTS) is 1. The zero-order chi connectivity index (χ0) is 13.5. The minimum absolute atomic E-state index is 0.331. The number of unbranched alkanes of at least 4 members (excludes halogenated alkanes) is 9. The van der Waals surface area contributed by atoms with E-state index in [-0.39, 0.29) is 0 Å². The van der Waals surface area contributed by atoms with E-state index in [1.807, 2.05) is 0 Å². The molecule has 0 spiro atoms. The van der Waals surface area contributed by atoms with Gasteiger partial charge in [0.1, 0.15) is 0 Å². The van der Waals surface area contributed by atoms with E-state index in [0.29, 0.717) is 6.42 Å². The Morgan fingerprint density at radius 2 is 1.33 bits per heavy atom. The van der Waals surface area contributed by atoms with E-state index in [9.17, 15) is 4.79 Å². The summed E-state index contributed by atoms with van der Waals surface area (Å²) in [6.45, 7) is 2.24. The Morgan fingerprint density at radius 3 is 1.89 bits per heavy atom. The van der Waals surface area contributed by atoms with Gasteiger partial charge in [-0.3, -0.25) is 4.79 Å². The molecule has 0 saturated heterocycles. The number of carboxylic acids is 1. The van der Waals surface area contributed by atoms with Crippen LogP contribution in [0.1, 0.15) is 84.0 Å². The van der Waals surface area contributed by atoms with Crippen LogP contribution in [0.5, 0.6) is 0 Å². The molecule has 18 heavy (non-hydrogen) atoms. The summed E-state index contributed by atoms with van der Waals surface area (Å²) in [5.74, 6) is -0.666. The van der Waals surface area contributed by atoms with Gasteiger partial charge in [-0.15, -0.1) is 0 Å². The van der Waals surface area contributed by atoms with Gasteiger partial charge in [-0.25, -0.2) is 0 Å². The first-order chi connectivity index (χ1) is 8.77. The van der Waals surface area contributed by atoms with Gasteiger partial charge in [0.2, 0.25) is 0 Å². The second-order valence-electron chi connectivity index (χ2n) is 5.02. The van der Waals surface area contributed by atoms with Gasteiger partial charge in [-0.05, 0) is 32.1 Å². The molecule has 0 atom stereocenters. The molecular formula is C16H30O2. The van der Waals surface area contributed by atoms with Gasteiger partial charge in [-0.1, -0.05) is 57.6 Å². The van der Waals surface area contributed by atoms with Crippen LogP contribution in [0.2, 0.25) is 0 Å². The van der Waals surface area contributed by atoms with Crippen LogP contribution in [0.15, 0.2) is 12.2 Å². The van der Waals surface area contributed by atoms with Crippen LogP contribution in [0.4, 0.5) is 0 Å². The minimum Gasteiger partial charge on any atom is -0.481 e. The lowest BCUT2D eigenvalue weighted by atomic mass is 10.1. The highest BCUT2D eigenvalue weighted by atomic mass is 16.4. The van der Waals surface area contributed by atoms with E-state index in [1.165, 1.54) is 57.8 Å². The van der Waals surface area contributed by atoms with E-state index in [2.05, 4.69) is 19.1 Å². The molecule has 0 aromatic carbocycles. The van der Waals surface area contributed by atoms with Crippen LogP contribution in [0, 0.1) is 0 Å². The van der Waals surface area contributed by atoms with Crippen LogP contribution in [-0.2, 0) is 4.79 Å². The fourth-order valence-electron chi connectivity index (χ4n) is 1.99. The highest BCUT2D eigenvalue weighted by Crippen LogP contribution is 2.08. The topological polar surface area (TPSA) is 37.3 Å². The van der Waals surface area contributed by atoms with Crippen LogP contribution in [-0.4, -0.2) is 11.1 Å². The Bertz CT molecular complexity index is 209. The summed E-state index contributed by atoms with van der Waals surface area (Å²) in [5, 5.41) is 8.48. The molecule has 0 aromatic heterocycles. The van der Waals surface area contributed by atoms with E-state index in [0.717, 1.165) is 12.8 Å². The smallest absolute Gasteiger partial charge is 0.303 e. The lowest BCUT2D eigenvalue weighted by molar-refractivity contribution is -0.137. The van der Waals surface area contributed by atoms with Gasteiger partial charge in [0.05, 0.1) is 0 Å². The van der Waals surface area contributed by atoms with Crippen molar-refractivity contribution in [1.29, 1.82) is 0 Å². The second kappa shape index (κ2) is 14.3. The molecule has 0 heterocycles. The number of aliphatic carboxylic acids is 1. The van der Waals surface area contributed by atoms with Crippen molar-refractivity contribution < 1.29 is 9.90 Å². The molecule has 0 aliphatic heterocycles. The van der Waals surface area contributed by atoms with Crippen LogP contribution >= 0.6 is 0 Å². The Morgan fingerprint density at radius 1 is 0.833 bits per heavy atom. The van der Waals surface area contributed by atoms with Gasteiger partial charge < -0.3 is 5.11 Å². The third-order valence-electron chi connectivity index (χ3n) is 3.15. The van der Waals surface area contributed by atoms with Gasteiger partial charge in [0.15, 0.2) is 0 Å². The average molecular weight is 258 g/mol. The predicted molar refractivity (Wildman–Crippen MR) is 77.9 cm³/mol. The number of hydrogen-bond donors (Lipinski definition) is 1. The van der Waals surface area contributed by atoms with Gasteiger partial charge in [-0.2, -0.15) is 0 Å². The summed E-state index contributed by atoms with van der Waals surface area (Å²) in [6, 6.07) is 0. The van der Waals surface area contributed by atoms with E-state index < -0.39 is 5.97 Å². The summed E-state index contributed by atoms with van der Waals surface area (Å²) in [4.78, 5) is 10.3. The van der Waals surface area contributed by atoms with Crippen molar-refractivity contribution in [3.8, 4) is 0 Å². The number of rotatable bonds is 13. The maximum absolute atomic E-state index is 10.3. The average Bonchev–Trinajstić information content (AvgIpc) is 2.34. The quantitative estimate of drug-likeness (QED) is 0.275. The molecule has 2 nitrogen and oxygen atoms in total. The van der Waals surface area contributed by atoms with Gasteiger partial charge >= 0.3 is 5.97 Å². The lowest BCUT2D eigenvalue weighted by Gasteiger charge is -1.98. The monoisotopic (exact) mass is 258 g/mol. The number of hydrogen-bond acceptors (Lipinski definition) is 1. The Labute approximate surface area is 112 Å². The normalized spacial score (nSPS) is 11.2. The van der Waals surface area contributed by atoms with Crippen molar-refractivity contribution in [2.75, 3.05) is 0 Å². The van der Waals surface area contributed by atoms with E-state index in [1.54, 1.807) is 0 Å². The molecule has 0 amide bonds. The maximum atomic E-state index is 10.3. The van der Waals surface area contributed by atoms with Crippen molar-refractivity contribution in [2.45, 2.75) is 84.0 Å². The standard InChI is InChI=1S/C16H30O2/c1-2-3-4-5-6-7-8-9-10-11-12-13-14-15-16(17)18/h7-8H,2-6,9-15H2,1H3,(H,17,18)/b8-7-/i1+1,2+1,3+1,4+1. The predicted octanol–water partition coefficient (Wildman–Crippen LogP) is 5.33. The first-order valence-electron chi connectivity index (χ1n) is 7.64. The third-order valence-corrected chi connectivity index (χ3v) is 3.15. The molecule has 0 fully saturated rings. The molecule has 0 aromatic rings. The molecule has 0 saturated carbocycles. The molecule has 0 bridgehead atoms. The van der Waals surface area contributed by atoms with Crippen LogP contribution < -0.4 is 0 Å². The van der Waals surface area contributed by atoms with E-state index >= 15 is 0 Å². The first-order valence-corrected chi connectivity index (χ1v) is 7.64. The number of carbonyl (C=O) groups is 1. The SMILES string of the molecule is [13CH3][13CH2][13CH2][13CH2]CC/C=C\CCCCCCCC(=O)O. The Balaban J connectivity index is 3.06. The van der Waals surface area contributed by atoms with Crippen molar-refractivity contribution in [2.24, 2.45) is 0 Å². The fraction of sp³-hybridized carbons (Fsp3) is 0.812. The third kappa shape index (κ3) is 15.2. The zero-order valence-electron chi connectivity index (χ0n) is 12.0. The molecular weight excluding hydrogens is 228 g/mol. The summed E-state index contributed by atoms with van der Waals surface area (Å²) < 4.78 is 0. The minimum atomic E-state index is -0.666. The molecule has 1 N–H and O–H groups in total. The van der Waals surface area contributed by atoms with Crippen molar-refractivity contribution in [3.63, 3.8) is 0 Å². The molecule has 0 aliphatic rings. The van der Waals surface area contributed by atoms with Crippen molar-refractivity contribution in [1.82, 2.24) is 0 Å². The maximum Gasteiger partial charge on any atom is 0.303 e. The lowest BCUT2D eigenvalue weighted by Crippen LogP contribution is -1.93. The zero-order valence-corrected chi connectivity index (χ0v) is 12.0. The molecule has 0 unspecified atom stereocenters. The van der Waals surface area contributed by atoms with Crippen molar-refractivity contribution >= 4 is 5.97 Å². The van der Waals surface area contributed by atoms with Crippen LogP contribution in [0.25, 0.3) is 0 Å². The highest BCUT2D eigenvalue weighted by molar-refractivity contribution is 5.66. The van der Waals surface area contributed by atoms with Crippen molar-refractivity contribution in [3.05, 3.63) is 12.2 Å². The molecule has 0 rings (SSSR count). The second-order valence-corrected chi connectivity index (χ2v) is 5.02. The fourth-order valence-corrected chi connectivity index (χ4v) is 1.99. The van der Waals surface area contributed by atoms with Gasteiger partial charge in [0, 0.05) is 6.42 Å². The molecule has 2 heteroatoms. The molecule has 106 valence electrons. The largest absolute Gasteiger partial charge is 0.481 e. The molecule has 0 aliphatic carbocycles. The summed E-state index contributed by atoms with van der Waals surface area (Å²) in [7, 11) is 0. The van der Waals surface area contributed by atoms with Gasteiger partial charge in [0.25, 0.3) is 0 Å². The van der Waals surface area contributed by atoms with E-state index in [4.69, 9.17) is 5.11 Å². The summed E-state index contributed by atoms with van der Waals surface area (Å²) >= 11 is 0. The first kappa shape index (κ1) is 17.2. The highest BCUT2D eigenvalue weighted by Gasteiger charge is 1.95. The number of allylic oxidation sites excluding steroid dienone is 2. The Kier molecular flexibility index (Phi) is 13.6.